The topological polar surface area (TPSA) is 69.6 Å². The van der Waals surface area contributed by atoms with Gasteiger partial charge in [0.1, 0.15) is 0 Å². The fourth-order valence-electron chi connectivity index (χ4n) is 3.77. The summed E-state index contributed by atoms with van der Waals surface area (Å²) < 4.78 is 0. The maximum atomic E-state index is 12.5. The van der Waals surface area contributed by atoms with Gasteiger partial charge in [-0.2, -0.15) is 0 Å². The van der Waals surface area contributed by atoms with Gasteiger partial charge in [0, 0.05) is 18.6 Å². The molecule has 1 aliphatic heterocycles. The first kappa shape index (κ1) is 16.3. The third-order valence-electron chi connectivity index (χ3n) is 5.45. The van der Waals surface area contributed by atoms with Crippen molar-refractivity contribution in [3.8, 4) is 0 Å². The number of carboxylic acids is 1. The highest BCUT2D eigenvalue weighted by atomic mass is 16.4. The van der Waals surface area contributed by atoms with Gasteiger partial charge >= 0.3 is 5.97 Å². The first-order valence-electron chi connectivity index (χ1n) is 8.15. The highest BCUT2D eigenvalue weighted by molar-refractivity contribution is 5.85. The lowest BCUT2D eigenvalue weighted by atomic mass is 9.93. The molecule has 0 aromatic heterocycles. The van der Waals surface area contributed by atoms with Crippen molar-refractivity contribution in [1.29, 1.82) is 0 Å². The summed E-state index contributed by atoms with van der Waals surface area (Å²) in [6.07, 6.45) is 4.23. The fraction of sp³-hybridized carbons (Fsp3) is 0.875. The van der Waals surface area contributed by atoms with Gasteiger partial charge in [0.25, 0.3) is 0 Å². The number of nitrogens with zero attached hydrogens (tertiary/aromatic N) is 1. The predicted octanol–water partition coefficient (Wildman–Crippen LogP) is 1.72. The fourth-order valence-corrected chi connectivity index (χ4v) is 3.77. The maximum absolute atomic E-state index is 12.5. The molecule has 2 aliphatic rings. The van der Waals surface area contributed by atoms with Crippen LogP contribution in [-0.2, 0) is 9.59 Å². The number of rotatable bonds is 4. The Labute approximate surface area is 127 Å². The Morgan fingerprint density at radius 3 is 2.48 bits per heavy atom. The average molecular weight is 296 g/mol. The predicted molar refractivity (Wildman–Crippen MR) is 80.9 cm³/mol. The minimum Gasteiger partial charge on any atom is -0.481 e. The van der Waals surface area contributed by atoms with E-state index in [2.05, 4.69) is 31.1 Å². The zero-order valence-electron chi connectivity index (χ0n) is 13.3. The lowest BCUT2D eigenvalue weighted by molar-refractivity contribution is -0.146. The van der Waals surface area contributed by atoms with E-state index in [1.54, 1.807) is 0 Å². The van der Waals surface area contributed by atoms with Crippen LogP contribution in [0.5, 0.6) is 0 Å². The summed E-state index contributed by atoms with van der Waals surface area (Å²) in [5, 5.41) is 12.5. The summed E-state index contributed by atoms with van der Waals surface area (Å²) in [6, 6.07) is 0.658. The van der Waals surface area contributed by atoms with Crippen LogP contribution in [0.2, 0.25) is 0 Å². The molecular formula is C16H28N2O3. The molecule has 1 heterocycles. The third-order valence-corrected chi connectivity index (χ3v) is 5.45. The molecule has 5 heteroatoms. The minimum atomic E-state index is -0.817. The molecule has 21 heavy (non-hydrogen) atoms. The molecule has 0 bridgehead atoms. The molecule has 1 saturated heterocycles. The molecule has 0 spiro atoms. The van der Waals surface area contributed by atoms with Crippen LogP contribution in [0.15, 0.2) is 0 Å². The van der Waals surface area contributed by atoms with Gasteiger partial charge in [0.2, 0.25) is 5.91 Å². The van der Waals surface area contributed by atoms with Crippen molar-refractivity contribution in [3.05, 3.63) is 0 Å². The van der Waals surface area contributed by atoms with Crippen molar-refractivity contribution < 1.29 is 14.7 Å². The molecule has 1 amide bonds. The number of piperidine rings is 1. The molecule has 5 nitrogen and oxygen atoms in total. The van der Waals surface area contributed by atoms with Crippen molar-refractivity contribution in [2.24, 2.45) is 17.8 Å². The number of amides is 1. The van der Waals surface area contributed by atoms with Crippen molar-refractivity contribution in [3.63, 3.8) is 0 Å². The molecule has 5 atom stereocenters. The zero-order chi connectivity index (χ0) is 15.6. The van der Waals surface area contributed by atoms with Crippen LogP contribution in [0.4, 0.5) is 0 Å². The zero-order valence-corrected chi connectivity index (χ0v) is 13.3. The second-order valence-electron chi connectivity index (χ2n) is 6.86. The third kappa shape index (κ3) is 3.76. The minimum absolute atomic E-state index is 0.0416. The Kier molecular flexibility index (Phi) is 5.25. The SMILES string of the molecule is CCC1C[C@H](C(=O)NC2CCN(C)C(C)C2)[C@H](C(=O)O)C1. The number of carbonyl (C=O) groups excluding carboxylic acids is 1. The normalized spacial score (nSPS) is 37.4. The van der Waals surface area contributed by atoms with Gasteiger partial charge in [-0.15, -0.1) is 0 Å². The van der Waals surface area contributed by atoms with Gasteiger partial charge in [-0.05, 0) is 45.6 Å². The van der Waals surface area contributed by atoms with Crippen molar-refractivity contribution >= 4 is 11.9 Å². The van der Waals surface area contributed by atoms with Crippen LogP contribution in [-0.4, -0.2) is 47.6 Å². The van der Waals surface area contributed by atoms with E-state index in [0.717, 1.165) is 32.2 Å². The first-order valence-corrected chi connectivity index (χ1v) is 8.15. The van der Waals surface area contributed by atoms with E-state index in [9.17, 15) is 14.7 Å². The Bertz CT molecular complexity index is 399. The van der Waals surface area contributed by atoms with Crippen molar-refractivity contribution in [1.82, 2.24) is 10.2 Å². The summed E-state index contributed by atoms with van der Waals surface area (Å²) in [5.74, 6) is -1.33. The number of aliphatic carboxylic acids is 1. The van der Waals surface area contributed by atoms with E-state index < -0.39 is 11.9 Å². The standard InChI is InChI=1S/C16H28N2O3/c1-4-11-8-13(14(9-11)16(20)21)15(19)17-12-5-6-18(3)10(2)7-12/h10-14H,4-9H2,1-3H3,(H,17,19)(H,20,21)/t10?,11?,12?,13-,14+/m0/s1. The Balaban J connectivity index is 1.94. The van der Waals surface area contributed by atoms with Crippen LogP contribution < -0.4 is 5.32 Å². The van der Waals surface area contributed by atoms with Crippen LogP contribution in [0.25, 0.3) is 0 Å². The second kappa shape index (κ2) is 6.77. The Morgan fingerprint density at radius 2 is 1.90 bits per heavy atom. The van der Waals surface area contributed by atoms with Crippen LogP contribution >= 0.6 is 0 Å². The number of nitrogens with one attached hydrogen (secondary N) is 1. The average Bonchev–Trinajstić information content (AvgIpc) is 2.87. The molecule has 2 fully saturated rings. The van der Waals surface area contributed by atoms with Gasteiger partial charge in [-0.3, -0.25) is 9.59 Å². The molecule has 0 aromatic carbocycles. The van der Waals surface area contributed by atoms with E-state index in [1.807, 2.05) is 0 Å². The van der Waals surface area contributed by atoms with Crippen LogP contribution in [0.1, 0.15) is 46.0 Å². The van der Waals surface area contributed by atoms with E-state index in [-0.39, 0.29) is 17.9 Å². The number of carboxylic acid groups (broad SMARTS) is 1. The highest BCUT2D eigenvalue weighted by Crippen LogP contribution is 2.38. The summed E-state index contributed by atoms with van der Waals surface area (Å²) in [4.78, 5) is 26.2. The largest absolute Gasteiger partial charge is 0.481 e. The summed E-state index contributed by atoms with van der Waals surface area (Å²) in [5.41, 5.74) is 0. The number of likely N-dealkylation sites (tertiary alicyclic amines) is 1. The molecule has 0 radical (unpaired) electrons. The Hall–Kier alpha value is -1.10. The second-order valence-corrected chi connectivity index (χ2v) is 6.86. The summed E-state index contributed by atoms with van der Waals surface area (Å²) in [7, 11) is 2.10. The van der Waals surface area contributed by atoms with Gasteiger partial charge in [-0.1, -0.05) is 13.3 Å². The van der Waals surface area contributed by atoms with Gasteiger partial charge in [0.05, 0.1) is 11.8 Å². The number of hydrogen-bond acceptors (Lipinski definition) is 3. The lowest BCUT2D eigenvalue weighted by Gasteiger charge is -2.35. The number of hydrogen-bond donors (Lipinski definition) is 2. The molecule has 120 valence electrons. The van der Waals surface area contributed by atoms with E-state index in [4.69, 9.17) is 0 Å². The molecule has 1 saturated carbocycles. The van der Waals surface area contributed by atoms with E-state index in [0.29, 0.717) is 18.4 Å². The highest BCUT2D eigenvalue weighted by Gasteiger charge is 2.42. The molecule has 1 aliphatic carbocycles. The smallest absolute Gasteiger partial charge is 0.307 e. The molecule has 2 N–H and O–H groups in total. The maximum Gasteiger partial charge on any atom is 0.307 e. The molecule has 3 unspecified atom stereocenters. The van der Waals surface area contributed by atoms with Gasteiger partial charge < -0.3 is 15.3 Å². The first-order chi connectivity index (χ1) is 9.92. The quantitative estimate of drug-likeness (QED) is 0.829. The van der Waals surface area contributed by atoms with Gasteiger partial charge in [0.15, 0.2) is 0 Å². The molecular weight excluding hydrogens is 268 g/mol. The van der Waals surface area contributed by atoms with Crippen LogP contribution in [0.3, 0.4) is 0 Å². The summed E-state index contributed by atoms with van der Waals surface area (Å²) >= 11 is 0. The van der Waals surface area contributed by atoms with Gasteiger partial charge in [-0.25, -0.2) is 0 Å². The molecule has 0 aromatic rings. The summed E-state index contributed by atoms with van der Waals surface area (Å²) in [6.45, 7) is 5.22. The lowest BCUT2D eigenvalue weighted by Crippen LogP contribution is -2.49. The van der Waals surface area contributed by atoms with Crippen molar-refractivity contribution in [2.45, 2.75) is 58.0 Å². The number of carbonyl (C=O) groups is 2. The van der Waals surface area contributed by atoms with E-state index >= 15 is 0 Å². The van der Waals surface area contributed by atoms with E-state index in [1.165, 1.54) is 0 Å². The Morgan fingerprint density at radius 1 is 1.24 bits per heavy atom. The van der Waals surface area contributed by atoms with Crippen molar-refractivity contribution in [2.75, 3.05) is 13.6 Å². The molecule has 2 rings (SSSR count). The van der Waals surface area contributed by atoms with Crippen LogP contribution in [0, 0.1) is 17.8 Å². The monoisotopic (exact) mass is 296 g/mol.